The minimum Gasteiger partial charge on any atom is -0.481 e. The van der Waals surface area contributed by atoms with Crippen LogP contribution in [0.1, 0.15) is 53.2 Å². The molecule has 6 heteroatoms. The summed E-state index contributed by atoms with van der Waals surface area (Å²) in [6, 6.07) is 10.1. The molecule has 0 saturated heterocycles. The molecule has 1 heterocycles. The first-order valence-corrected chi connectivity index (χ1v) is 9.01. The fourth-order valence-corrected chi connectivity index (χ4v) is 3.12. The second-order valence-corrected chi connectivity index (χ2v) is 6.55. The van der Waals surface area contributed by atoms with Gasteiger partial charge in [0, 0.05) is 24.8 Å². The van der Waals surface area contributed by atoms with Gasteiger partial charge in [0.1, 0.15) is 5.69 Å². The number of nitrogens with one attached hydrogen (secondary N) is 1. The number of carbonyl (C=O) groups excluding carboxylic acids is 1. The molecule has 24 heavy (non-hydrogen) atoms. The molecule has 2 N–H and O–H groups in total. The van der Waals surface area contributed by atoms with Crippen LogP contribution in [0, 0.1) is 0 Å². The van der Waals surface area contributed by atoms with Crippen LogP contribution in [0.5, 0.6) is 0 Å². The van der Waals surface area contributed by atoms with Gasteiger partial charge in [0.25, 0.3) is 5.91 Å². The van der Waals surface area contributed by atoms with E-state index in [0.29, 0.717) is 18.7 Å². The van der Waals surface area contributed by atoms with E-state index in [1.807, 2.05) is 30.3 Å². The number of aliphatic carboxylic acids is 1. The molecule has 0 atom stereocenters. The normalized spacial score (nSPS) is 10.5. The number of carboxylic acids is 1. The molecule has 0 spiro atoms. The van der Waals surface area contributed by atoms with Crippen LogP contribution < -0.4 is 5.32 Å². The lowest BCUT2D eigenvalue weighted by atomic mass is 10.1. The summed E-state index contributed by atoms with van der Waals surface area (Å²) in [6.45, 7) is 0.595. The van der Waals surface area contributed by atoms with Crippen molar-refractivity contribution in [1.29, 1.82) is 0 Å². The Morgan fingerprint density at radius 1 is 1.08 bits per heavy atom. The molecule has 0 bridgehead atoms. The first kappa shape index (κ1) is 18.1. The molecule has 1 aromatic carbocycles. The van der Waals surface area contributed by atoms with Crippen molar-refractivity contribution in [3.63, 3.8) is 0 Å². The molecule has 0 aliphatic carbocycles. The van der Waals surface area contributed by atoms with Crippen molar-refractivity contribution in [3.05, 3.63) is 52.0 Å². The third kappa shape index (κ3) is 6.50. The second kappa shape index (κ2) is 9.82. The Labute approximate surface area is 145 Å². The minimum atomic E-state index is -0.752. The Bertz CT molecular complexity index is 655. The van der Waals surface area contributed by atoms with E-state index in [9.17, 15) is 9.59 Å². The lowest BCUT2D eigenvalue weighted by Crippen LogP contribution is -2.24. The number of hydrogen-bond acceptors (Lipinski definition) is 4. The van der Waals surface area contributed by atoms with Gasteiger partial charge in [-0.1, -0.05) is 43.2 Å². The third-order valence-corrected chi connectivity index (χ3v) is 4.43. The van der Waals surface area contributed by atoms with Crippen LogP contribution in [-0.2, 0) is 11.2 Å². The molecule has 5 nitrogen and oxygen atoms in total. The Balaban J connectivity index is 1.67. The number of unbranched alkanes of at least 4 members (excludes halogenated alkanes) is 3. The van der Waals surface area contributed by atoms with Crippen molar-refractivity contribution in [3.8, 4) is 0 Å². The number of carbonyl (C=O) groups is 2. The number of carboxylic acid groups (broad SMARTS) is 1. The largest absolute Gasteiger partial charge is 0.481 e. The topological polar surface area (TPSA) is 79.3 Å². The zero-order chi connectivity index (χ0) is 17.2. The highest BCUT2D eigenvalue weighted by atomic mass is 32.1. The maximum Gasteiger partial charge on any atom is 0.303 e. The Hall–Kier alpha value is -2.21. The molecule has 0 aliphatic rings. The molecule has 1 aromatic heterocycles. The number of aromatic nitrogens is 1. The highest BCUT2D eigenvalue weighted by Gasteiger charge is 2.10. The van der Waals surface area contributed by atoms with Gasteiger partial charge < -0.3 is 10.4 Å². The maximum absolute atomic E-state index is 12.0. The lowest BCUT2D eigenvalue weighted by Gasteiger charge is -2.03. The summed E-state index contributed by atoms with van der Waals surface area (Å²) in [7, 11) is 0. The molecular weight excluding hydrogens is 324 g/mol. The second-order valence-electron chi connectivity index (χ2n) is 5.60. The van der Waals surface area contributed by atoms with E-state index in [1.165, 1.54) is 16.9 Å². The van der Waals surface area contributed by atoms with Crippen molar-refractivity contribution in [2.24, 2.45) is 0 Å². The van der Waals surface area contributed by atoms with Crippen LogP contribution in [0.2, 0.25) is 0 Å². The van der Waals surface area contributed by atoms with Gasteiger partial charge in [-0.3, -0.25) is 9.59 Å². The molecule has 2 aromatic rings. The quantitative estimate of drug-likeness (QED) is 0.645. The van der Waals surface area contributed by atoms with Gasteiger partial charge in [0.05, 0.1) is 5.01 Å². The van der Waals surface area contributed by atoms with Gasteiger partial charge in [0.2, 0.25) is 0 Å². The maximum atomic E-state index is 12.0. The third-order valence-electron chi connectivity index (χ3n) is 3.59. The minimum absolute atomic E-state index is 0.143. The van der Waals surface area contributed by atoms with E-state index in [2.05, 4.69) is 10.3 Å². The number of rotatable bonds is 10. The molecular formula is C18H22N2O3S. The van der Waals surface area contributed by atoms with Crippen molar-refractivity contribution >= 4 is 23.2 Å². The van der Waals surface area contributed by atoms with Crippen LogP contribution in [-0.4, -0.2) is 28.5 Å². The molecule has 2 rings (SSSR count). The molecule has 0 saturated carbocycles. The number of hydrogen-bond donors (Lipinski definition) is 2. The van der Waals surface area contributed by atoms with Gasteiger partial charge in [-0.15, -0.1) is 11.3 Å². The molecule has 0 aliphatic heterocycles. The van der Waals surface area contributed by atoms with Crippen molar-refractivity contribution in [1.82, 2.24) is 10.3 Å². The number of amides is 1. The zero-order valence-electron chi connectivity index (χ0n) is 13.5. The molecule has 128 valence electrons. The van der Waals surface area contributed by atoms with E-state index < -0.39 is 5.97 Å². The molecule has 0 fully saturated rings. The fourth-order valence-electron chi connectivity index (χ4n) is 2.31. The smallest absolute Gasteiger partial charge is 0.303 e. The van der Waals surface area contributed by atoms with Crippen molar-refractivity contribution in [2.75, 3.05) is 6.54 Å². The van der Waals surface area contributed by atoms with Crippen LogP contribution in [0.4, 0.5) is 0 Å². The standard InChI is InChI=1S/C18H22N2O3S/c21-17(22)10-6-1-2-7-11-19-18(23)15-13-24-16(20-15)12-14-8-4-3-5-9-14/h3-5,8-9,13H,1-2,6-7,10-12H2,(H,19,23)(H,21,22). The van der Waals surface area contributed by atoms with Gasteiger partial charge in [-0.25, -0.2) is 4.98 Å². The van der Waals surface area contributed by atoms with E-state index >= 15 is 0 Å². The predicted octanol–water partition coefficient (Wildman–Crippen LogP) is 3.50. The summed E-state index contributed by atoms with van der Waals surface area (Å²) in [5.74, 6) is -0.894. The molecule has 0 unspecified atom stereocenters. The van der Waals surface area contributed by atoms with Gasteiger partial charge in [-0.2, -0.15) is 0 Å². The molecule has 0 radical (unpaired) electrons. The summed E-state index contributed by atoms with van der Waals surface area (Å²) in [5, 5.41) is 14.1. The van der Waals surface area contributed by atoms with Crippen LogP contribution in [0.25, 0.3) is 0 Å². The Morgan fingerprint density at radius 3 is 2.58 bits per heavy atom. The summed E-state index contributed by atoms with van der Waals surface area (Å²) >= 11 is 1.50. The Morgan fingerprint density at radius 2 is 1.83 bits per heavy atom. The zero-order valence-corrected chi connectivity index (χ0v) is 14.3. The summed E-state index contributed by atoms with van der Waals surface area (Å²) in [4.78, 5) is 26.8. The summed E-state index contributed by atoms with van der Waals surface area (Å²) in [5.41, 5.74) is 1.65. The van der Waals surface area contributed by atoms with E-state index in [0.717, 1.165) is 30.7 Å². The van der Waals surface area contributed by atoms with E-state index in [-0.39, 0.29) is 12.3 Å². The highest BCUT2D eigenvalue weighted by Crippen LogP contribution is 2.14. The fraction of sp³-hybridized carbons (Fsp3) is 0.389. The van der Waals surface area contributed by atoms with E-state index in [1.54, 1.807) is 5.38 Å². The van der Waals surface area contributed by atoms with Crippen LogP contribution in [0.3, 0.4) is 0 Å². The average molecular weight is 346 g/mol. The van der Waals surface area contributed by atoms with Gasteiger partial charge in [0.15, 0.2) is 0 Å². The predicted molar refractivity (Wildman–Crippen MR) is 94.4 cm³/mol. The van der Waals surface area contributed by atoms with Crippen molar-refractivity contribution < 1.29 is 14.7 Å². The number of thiazole rings is 1. The number of benzene rings is 1. The summed E-state index contributed by atoms with van der Waals surface area (Å²) < 4.78 is 0. The first-order valence-electron chi connectivity index (χ1n) is 8.13. The van der Waals surface area contributed by atoms with Gasteiger partial charge >= 0.3 is 5.97 Å². The monoisotopic (exact) mass is 346 g/mol. The Kier molecular flexibility index (Phi) is 7.42. The lowest BCUT2D eigenvalue weighted by molar-refractivity contribution is -0.137. The van der Waals surface area contributed by atoms with E-state index in [4.69, 9.17) is 5.11 Å². The first-order chi connectivity index (χ1) is 11.6. The average Bonchev–Trinajstić information content (AvgIpc) is 3.03. The van der Waals surface area contributed by atoms with Crippen molar-refractivity contribution in [2.45, 2.75) is 38.5 Å². The van der Waals surface area contributed by atoms with Crippen LogP contribution >= 0.6 is 11.3 Å². The van der Waals surface area contributed by atoms with Crippen LogP contribution in [0.15, 0.2) is 35.7 Å². The SMILES string of the molecule is O=C(O)CCCCCCNC(=O)c1csc(Cc2ccccc2)n1. The van der Waals surface area contributed by atoms with Gasteiger partial charge in [-0.05, 0) is 18.4 Å². The molecule has 1 amide bonds. The summed E-state index contributed by atoms with van der Waals surface area (Å²) in [6.07, 6.45) is 4.30. The highest BCUT2D eigenvalue weighted by molar-refractivity contribution is 7.09. The number of nitrogens with zero attached hydrogens (tertiary/aromatic N) is 1.